The lowest BCUT2D eigenvalue weighted by atomic mass is 10.0. The maximum Gasteiger partial charge on any atom is 0.298 e. The monoisotopic (exact) mass is 216 g/mol. The average Bonchev–Trinajstić information content (AvgIpc) is 2.27. The fourth-order valence-electron chi connectivity index (χ4n) is 1.64. The maximum atomic E-state index is 11.5. The number of rotatable bonds is 2. The number of nitrogens with zero attached hydrogens (tertiary/aromatic N) is 2. The summed E-state index contributed by atoms with van der Waals surface area (Å²) in [5.74, 6) is -0.328. The minimum Gasteiger partial charge on any atom is -0.294 e. The van der Waals surface area contributed by atoms with Gasteiger partial charge in [-0.2, -0.15) is 0 Å². The van der Waals surface area contributed by atoms with Crippen molar-refractivity contribution < 1.29 is 9.72 Å². The number of hydrogen-bond acceptors (Lipinski definition) is 4. The van der Waals surface area contributed by atoms with Crippen LogP contribution in [-0.2, 0) is 0 Å². The molecule has 0 aliphatic rings. The lowest BCUT2D eigenvalue weighted by molar-refractivity contribution is -0.385. The SMILES string of the molecule is CC(=O)c1c([N+](=O)[O-])cnc2ccccc12. The summed E-state index contributed by atoms with van der Waals surface area (Å²) >= 11 is 0. The summed E-state index contributed by atoms with van der Waals surface area (Å²) in [5, 5.41) is 11.3. The molecule has 5 heteroatoms. The van der Waals surface area contributed by atoms with Crippen LogP contribution >= 0.6 is 0 Å². The van der Waals surface area contributed by atoms with Crippen LogP contribution in [0.1, 0.15) is 17.3 Å². The molecule has 2 rings (SSSR count). The molecule has 0 N–H and O–H groups in total. The molecule has 1 aromatic heterocycles. The third-order valence-electron chi connectivity index (χ3n) is 2.30. The molecule has 2 aromatic rings. The molecule has 0 saturated heterocycles. The predicted molar refractivity (Wildman–Crippen MR) is 58.4 cm³/mol. The Hall–Kier alpha value is -2.30. The van der Waals surface area contributed by atoms with E-state index in [1.807, 2.05) is 0 Å². The molecule has 0 aliphatic heterocycles. The number of hydrogen-bond donors (Lipinski definition) is 0. The number of carbonyl (C=O) groups is 1. The second kappa shape index (κ2) is 3.69. The van der Waals surface area contributed by atoms with Crippen LogP contribution in [0.15, 0.2) is 30.5 Å². The molecular weight excluding hydrogens is 208 g/mol. The van der Waals surface area contributed by atoms with E-state index in [9.17, 15) is 14.9 Å². The standard InChI is InChI=1S/C11H8N2O3/c1-7(14)11-8-4-2-3-5-9(8)12-6-10(11)13(15)16/h2-6H,1H3. The van der Waals surface area contributed by atoms with Gasteiger partial charge in [-0.05, 0) is 13.0 Å². The number of pyridine rings is 1. The number of Topliss-reactive ketones (excluding diaryl/α,β-unsaturated/α-hetero) is 1. The Bertz CT molecular complexity index is 593. The lowest BCUT2D eigenvalue weighted by Gasteiger charge is -2.03. The van der Waals surface area contributed by atoms with Crippen molar-refractivity contribution in [3.63, 3.8) is 0 Å². The molecule has 0 atom stereocenters. The second-order valence-corrected chi connectivity index (χ2v) is 3.35. The van der Waals surface area contributed by atoms with E-state index < -0.39 is 4.92 Å². The zero-order valence-electron chi connectivity index (χ0n) is 8.51. The van der Waals surface area contributed by atoms with E-state index >= 15 is 0 Å². The minimum atomic E-state index is -0.587. The van der Waals surface area contributed by atoms with Crippen molar-refractivity contribution in [2.75, 3.05) is 0 Å². The van der Waals surface area contributed by atoms with Crippen molar-refractivity contribution >= 4 is 22.4 Å². The van der Waals surface area contributed by atoms with Gasteiger partial charge in [-0.3, -0.25) is 14.9 Å². The van der Waals surface area contributed by atoms with Gasteiger partial charge in [-0.25, -0.2) is 4.98 Å². The molecule has 5 nitrogen and oxygen atoms in total. The lowest BCUT2D eigenvalue weighted by Crippen LogP contribution is -2.02. The summed E-state index contributed by atoms with van der Waals surface area (Å²) in [4.78, 5) is 25.6. The van der Waals surface area contributed by atoms with Gasteiger partial charge < -0.3 is 0 Å². The van der Waals surface area contributed by atoms with Crippen LogP contribution in [0.3, 0.4) is 0 Å². The van der Waals surface area contributed by atoms with Gasteiger partial charge in [-0.1, -0.05) is 18.2 Å². The second-order valence-electron chi connectivity index (χ2n) is 3.35. The number of aromatic nitrogens is 1. The first-order valence-electron chi connectivity index (χ1n) is 4.64. The van der Waals surface area contributed by atoms with Gasteiger partial charge in [0.2, 0.25) is 0 Å². The highest BCUT2D eigenvalue weighted by atomic mass is 16.6. The van der Waals surface area contributed by atoms with Crippen molar-refractivity contribution in [2.45, 2.75) is 6.92 Å². The first kappa shape index (κ1) is 10.2. The molecule has 80 valence electrons. The predicted octanol–water partition coefficient (Wildman–Crippen LogP) is 2.35. The van der Waals surface area contributed by atoms with Crippen LogP contribution in [0.5, 0.6) is 0 Å². The number of carbonyl (C=O) groups excluding carboxylic acids is 1. The van der Waals surface area contributed by atoms with E-state index in [0.717, 1.165) is 6.20 Å². The number of ketones is 1. The summed E-state index contributed by atoms with van der Waals surface area (Å²) in [6.45, 7) is 1.31. The van der Waals surface area contributed by atoms with Crippen molar-refractivity contribution in [3.05, 3.63) is 46.1 Å². The van der Waals surface area contributed by atoms with Crippen LogP contribution in [0.2, 0.25) is 0 Å². The smallest absolute Gasteiger partial charge is 0.294 e. The Kier molecular flexibility index (Phi) is 2.36. The van der Waals surface area contributed by atoms with E-state index in [4.69, 9.17) is 0 Å². The number of para-hydroxylation sites is 1. The summed E-state index contributed by atoms with van der Waals surface area (Å²) in [6.07, 6.45) is 1.12. The molecule has 1 heterocycles. The molecule has 16 heavy (non-hydrogen) atoms. The summed E-state index contributed by atoms with van der Waals surface area (Å²) in [5.41, 5.74) is 0.458. The molecule has 0 spiro atoms. The summed E-state index contributed by atoms with van der Waals surface area (Å²) in [6, 6.07) is 6.86. The van der Waals surface area contributed by atoms with Crippen LogP contribution in [0.4, 0.5) is 5.69 Å². The Morgan fingerprint density at radius 2 is 2.06 bits per heavy atom. The molecule has 0 radical (unpaired) electrons. The van der Waals surface area contributed by atoms with E-state index in [2.05, 4.69) is 4.98 Å². The highest BCUT2D eigenvalue weighted by Gasteiger charge is 2.20. The first-order valence-corrected chi connectivity index (χ1v) is 4.64. The van der Waals surface area contributed by atoms with Gasteiger partial charge in [0.25, 0.3) is 5.69 Å². The largest absolute Gasteiger partial charge is 0.298 e. The molecular formula is C11H8N2O3. The van der Waals surface area contributed by atoms with Gasteiger partial charge in [0.15, 0.2) is 5.78 Å². The van der Waals surface area contributed by atoms with Crippen molar-refractivity contribution in [1.82, 2.24) is 4.98 Å². The third kappa shape index (κ3) is 1.52. The van der Waals surface area contributed by atoms with Gasteiger partial charge in [0.05, 0.1) is 10.4 Å². The van der Waals surface area contributed by atoms with Gasteiger partial charge >= 0.3 is 0 Å². The summed E-state index contributed by atoms with van der Waals surface area (Å²) in [7, 11) is 0. The van der Waals surface area contributed by atoms with Gasteiger partial charge in [0.1, 0.15) is 11.8 Å². The Morgan fingerprint density at radius 1 is 1.38 bits per heavy atom. The molecule has 0 aliphatic carbocycles. The van der Waals surface area contributed by atoms with Gasteiger partial charge in [-0.15, -0.1) is 0 Å². The van der Waals surface area contributed by atoms with Crippen molar-refractivity contribution in [3.8, 4) is 0 Å². The third-order valence-corrected chi connectivity index (χ3v) is 2.30. The number of nitro groups is 1. The molecule has 0 bridgehead atoms. The highest BCUT2D eigenvalue weighted by molar-refractivity contribution is 6.09. The van der Waals surface area contributed by atoms with Crippen LogP contribution in [0.25, 0.3) is 10.9 Å². The maximum absolute atomic E-state index is 11.5. The zero-order chi connectivity index (χ0) is 11.7. The first-order chi connectivity index (χ1) is 7.61. The topological polar surface area (TPSA) is 73.1 Å². The average molecular weight is 216 g/mol. The molecule has 0 amide bonds. The Balaban J connectivity index is 2.90. The molecule has 0 saturated carbocycles. The van der Waals surface area contributed by atoms with Gasteiger partial charge in [0, 0.05) is 5.39 Å². The molecule has 0 unspecified atom stereocenters. The Morgan fingerprint density at radius 3 is 2.69 bits per heavy atom. The van der Waals surface area contributed by atoms with E-state index in [-0.39, 0.29) is 17.0 Å². The van der Waals surface area contributed by atoms with E-state index in [0.29, 0.717) is 10.9 Å². The molecule has 1 aromatic carbocycles. The number of benzene rings is 1. The van der Waals surface area contributed by atoms with Crippen LogP contribution < -0.4 is 0 Å². The fraction of sp³-hybridized carbons (Fsp3) is 0.0909. The van der Waals surface area contributed by atoms with Crippen LogP contribution in [0, 0.1) is 10.1 Å². The highest BCUT2D eigenvalue weighted by Crippen LogP contribution is 2.26. The zero-order valence-corrected chi connectivity index (χ0v) is 8.51. The summed E-state index contributed by atoms with van der Waals surface area (Å²) < 4.78 is 0. The van der Waals surface area contributed by atoms with E-state index in [1.165, 1.54) is 6.92 Å². The van der Waals surface area contributed by atoms with Crippen LogP contribution in [-0.4, -0.2) is 15.7 Å². The quantitative estimate of drug-likeness (QED) is 0.438. The Labute approximate surface area is 90.9 Å². The van der Waals surface area contributed by atoms with E-state index in [1.54, 1.807) is 24.3 Å². The number of fused-ring (bicyclic) bond motifs is 1. The fourth-order valence-corrected chi connectivity index (χ4v) is 1.64. The molecule has 0 fully saturated rings. The van der Waals surface area contributed by atoms with Crippen molar-refractivity contribution in [2.24, 2.45) is 0 Å². The normalized spacial score (nSPS) is 10.3. The minimum absolute atomic E-state index is 0.121. The van der Waals surface area contributed by atoms with Crippen molar-refractivity contribution in [1.29, 1.82) is 0 Å².